The van der Waals surface area contributed by atoms with E-state index in [0.717, 1.165) is 12.3 Å². The maximum atomic E-state index is 12.0. The van der Waals surface area contributed by atoms with Gasteiger partial charge < -0.3 is 15.2 Å². The average Bonchev–Trinajstić information content (AvgIpc) is 3.03. The van der Waals surface area contributed by atoms with E-state index in [1.54, 1.807) is 20.8 Å². The highest BCUT2D eigenvalue weighted by atomic mass is 16.6. The Morgan fingerprint density at radius 1 is 1.22 bits per heavy atom. The number of carbonyl (C=O) groups excluding carboxylic acids is 1. The third-order valence-corrected chi connectivity index (χ3v) is 5.64. The molecule has 23 heavy (non-hydrogen) atoms. The molecule has 1 amide bonds. The van der Waals surface area contributed by atoms with Crippen LogP contribution in [0.5, 0.6) is 0 Å². The van der Waals surface area contributed by atoms with Gasteiger partial charge in [0.15, 0.2) is 0 Å². The number of fused-ring (bicyclic) bond motifs is 2. The summed E-state index contributed by atoms with van der Waals surface area (Å²) in [6.07, 6.45) is 5.62. The third kappa shape index (κ3) is 4.39. The Balaban J connectivity index is 1.98. The largest absolute Gasteiger partial charge is 0.481 e. The number of hydrogen-bond donors (Lipinski definition) is 2. The van der Waals surface area contributed by atoms with Crippen molar-refractivity contribution in [3.63, 3.8) is 0 Å². The van der Waals surface area contributed by atoms with Gasteiger partial charge in [-0.2, -0.15) is 0 Å². The molecule has 2 aliphatic rings. The van der Waals surface area contributed by atoms with Crippen molar-refractivity contribution in [2.45, 2.75) is 71.8 Å². The van der Waals surface area contributed by atoms with Crippen LogP contribution in [0.15, 0.2) is 0 Å². The highest BCUT2D eigenvalue weighted by molar-refractivity contribution is 5.76. The molecule has 0 spiro atoms. The van der Waals surface area contributed by atoms with Gasteiger partial charge in [-0.1, -0.05) is 13.3 Å². The lowest BCUT2D eigenvalue weighted by atomic mass is 9.72. The molecular formula is C18H31NO4. The van der Waals surface area contributed by atoms with E-state index in [0.29, 0.717) is 24.7 Å². The molecule has 0 aliphatic heterocycles. The van der Waals surface area contributed by atoms with Crippen molar-refractivity contribution >= 4 is 12.1 Å². The lowest BCUT2D eigenvalue weighted by Crippen LogP contribution is -2.45. The summed E-state index contributed by atoms with van der Waals surface area (Å²) in [7, 11) is 0. The van der Waals surface area contributed by atoms with Gasteiger partial charge in [0.1, 0.15) is 5.60 Å². The quantitative estimate of drug-likeness (QED) is 0.778. The first-order valence-corrected chi connectivity index (χ1v) is 8.85. The van der Waals surface area contributed by atoms with E-state index in [4.69, 9.17) is 4.74 Å². The van der Waals surface area contributed by atoms with E-state index >= 15 is 0 Å². The Labute approximate surface area is 139 Å². The SMILES string of the molecule is CCC(CNC(=O)OC(C)(C)C)(CC1CC2CCC1C2)C(=O)O. The number of hydrogen-bond acceptors (Lipinski definition) is 3. The monoisotopic (exact) mass is 325 g/mol. The predicted octanol–water partition coefficient (Wildman–Crippen LogP) is 3.82. The summed E-state index contributed by atoms with van der Waals surface area (Å²) in [6.45, 7) is 7.43. The first kappa shape index (κ1) is 18.1. The molecule has 2 aliphatic carbocycles. The van der Waals surface area contributed by atoms with Crippen molar-refractivity contribution in [1.82, 2.24) is 5.32 Å². The zero-order valence-corrected chi connectivity index (χ0v) is 14.9. The van der Waals surface area contributed by atoms with Crippen LogP contribution in [0.25, 0.3) is 0 Å². The number of nitrogens with one attached hydrogen (secondary N) is 1. The average molecular weight is 325 g/mol. The molecule has 0 aromatic heterocycles. The number of rotatable bonds is 6. The number of ether oxygens (including phenoxy) is 1. The van der Waals surface area contributed by atoms with Gasteiger partial charge in [0.05, 0.1) is 5.41 Å². The standard InChI is InChI=1S/C18H31NO4/c1-5-18(15(20)21,11-19-16(22)23-17(2,3)4)10-14-9-12-6-7-13(14)8-12/h12-14H,5-11H2,1-4H3,(H,19,22)(H,20,21). The minimum Gasteiger partial charge on any atom is -0.481 e. The molecule has 2 rings (SSSR count). The summed E-state index contributed by atoms with van der Waals surface area (Å²) in [6, 6.07) is 0. The highest BCUT2D eigenvalue weighted by Gasteiger charge is 2.46. The zero-order chi connectivity index (χ0) is 17.3. The van der Waals surface area contributed by atoms with Gasteiger partial charge in [-0.15, -0.1) is 0 Å². The summed E-state index contributed by atoms with van der Waals surface area (Å²) < 4.78 is 5.23. The van der Waals surface area contributed by atoms with E-state index in [2.05, 4.69) is 5.32 Å². The second-order valence-corrected chi connectivity index (χ2v) is 8.43. The van der Waals surface area contributed by atoms with E-state index in [1.165, 1.54) is 19.3 Å². The fourth-order valence-corrected chi connectivity index (χ4v) is 4.34. The Morgan fingerprint density at radius 2 is 1.91 bits per heavy atom. The molecule has 0 aromatic rings. The smallest absolute Gasteiger partial charge is 0.407 e. The van der Waals surface area contributed by atoms with Crippen molar-refractivity contribution in [1.29, 1.82) is 0 Å². The number of alkyl carbamates (subject to hydrolysis) is 1. The molecule has 4 unspecified atom stereocenters. The molecule has 4 atom stereocenters. The van der Waals surface area contributed by atoms with E-state index in [9.17, 15) is 14.7 Å². The van der Waals surface area contributed by atoms with Crippen LogP contribution in [0, 0.1) is 23.2 Å². The van der Waals surface area contributed by atoms with Crippen molar-refractivity contribution in [3.05, 3.63) is 0 Å². The van der Waals surface area contributed by atoms with E-state index < -0.39 is 23.1 Å². The van der Waals surface area contributed by atoms with Gasteiger partial charge in [-0.3, -0.25) is 4.79 Å². The molecule has 5 heteroatoms. The molecule has 2 N–H and O–H groups in total. The van der Waals surface area contributed by atoms with Crippen LogP contribution in [0.2, 0.25) is 0 Å². The summed E-state index contributed by atoms with van der Waals surface area (Å²) in [5, 5.41) is 12.5. The summed E-state index contributed by atoms with van der Waals surface area (Å²) in [5.41, 5.74) is -1.46. The Bertz CT molecular complexity index is 456. The highest BCUT2D eigenvalue weighted by Crippen LogP contribution is 2.52. The molecule has 2 bridgehead atoms. The van der Waals surface area contributed by atoms with Crippen LogP contribution >= 0.6 is 0 Å². The molecule has 0 aromatic carbocycles. The lowest BCUT2D eigenvalue weighted by molar-refractivity contribution is -0.150. The van der Waals surface area contributed by atoms with Crippen LogP contribution in [-0.4, -0.2) is 29.3 Å². The maximum absolute atomic E-state index is 12.0. The number of amides is 1. The zero-order valence-electron chi connectivity index (χ0n) is 14.9. The summed E-state index contributed by atoms with van der Waals surface area (Å²) >= 11 is 0. The maximum Gasteiger partial charge on any atom is 0.407 e. The lowest BCUT2D eigenvalue weighted by Gasteiger charge is -2.34. The van der Waals surface area contributed by atoms with Gasteiger partial charge in [-0.05, 0) is 70.6 Å². The van der Waals surface area contributed by atoms with Crippen LogP contribution in [0.3, 0.4) is 0 Å². The minimum atomic E-state index is -0.883. The minimum absolute atomic E-state index is 0.141. The van der Waals surface area contributed by atoms with Crippen LogP contribution < -0.4 is 5.32 Å². The van der Waals surface area contributed by atoms with Crippen molar-refractivity contribution in [2.24, 2.45) is 23.2 Å². The van der Waals surface area contributed by atoms with Crippen molar-refractivity contribution in [2.75, 3.05) is 6.54 Å². The number of carboxylic acid groups (broad SMARTS) is 1. The molecule has 2 fully saturated rings. The van der Waals surface area contributed by atoms with Crippen molar-refractivity contribution < 1.29 is 19.4 Å². The van der Waals surface area contributed by atoms with Crippen molar-refractivity contribution in [3.8, 4) is 0 Å². The molecule has 2 saturated carbocycles. The molecule has 132 valence electrons. The Hall–Kier alpha value is -1.26. The molecule has 0 saturated heterocycles. The first-order valence-electron chi connectivity index (χ1n) is 8.85. The fourth-order valence-electron chi connectivity index (χ4n) is 4.34. The van der Waals surface area contributed by atoms with Gasteiger partial charge in [-0.25, -0.2) is 4.79 Å². The molecule has 5 nitrogen and oxygen atoms in total. The fraction of sp³-hybridized carbons (Fsp3) is 0.889. The summed E-state index contributed by atoms with van der Waals surface area (Å²) in [5.74, 6) is 1.17. The molecular weight excluding hydrogens is 294 g/mol. The topological polar surface area (TPSA) is 75.6 Å². The van der Waals surface area contributed by atoms with Crippen LogP contribution in [-0.2, 0) is 9.53 Å². The van der Waals surface area contributed by atoms with E-state index in [1.807, 2.05) is 6.92 Å². The summed E-state index contributed by atoms with van der Waals surface area (Å²) in [4.78, 5) is 23.8. The van der Waals surface area contributed by atoms with Crippen LogP contribution in [0.1, 0.15) is 66.2 Å². The van der Waals surface area contributed by atoms with Gasteiger partial charge in [0.25, 0.3) is 0 Å². The van der Waals surface area contributed by atoms with Gasteiger partial charge in [0.2, 0.25) is 0 Å². The molecule has 0 heterocycles. The second-order valence-electron chi connectivity index (χ2n) is 8.43. The number of aliphatic carboxylic acids is 1. The van der Waals surface area contributed by atoms with Crippen LogP contribution in [0.4, 0.5) is 4.79 Å². The van der Waals surface area contributed by atoms with Gasteiger partial charge >= 0.3 is 12.1 Å². The Kier molecular flexibility index (Phi) is 5.27. The van der Waals surface area contributed by atoms with E-state index in [-0.39, 0.29) is 6.54 Å². The third-order valence-electron chi connectivity index (χ3n) is 5.64. The van der Waals surface area contributed by atoms with Gasteiger partial charge in [0, 0.05) is 6.54 Å². The number of carboxylic acids is 1. The normalized spacial score (nSPS) is 29.1. The second kappa shape index (κ2) is 6.70. The Morgan fingerprint density at radius 3 is 2.35 bits per heavy atom. The predicted molar refractivity (Wildman–Crippen MR) is 88.2 cm³/mol. The first-order chi connectivity index (χ1) is 10.6. The molecule has 0 radical (unpaired) electrons. The number of carbonyl (C=O) groups is 2.